The Kier molecular flexibility index (Phi) is 3.81. The second-order valence-electron chi connectivity index (χ2n) is 3.54. The number of nitro groups is 1. The zero-order chi connectivity index (χ0) is 14.8. The van der Waals surface area contributed by atoms with Crippen LogP contribution in [-0.2, 0) is 10.0 Å². The molecule has 106 valence electrons. The molecule has 1 aromatic carbocycles. The van der Waals surface area contributed by atoms with Gasteiger partial charge in [-0.1, -0.05) is 11.3 Å². The summed E-state index contributed by atoms with van der Waals surface area (Å²) in [7, 11) is -2.42. The van der Waals surface area contributed by atoms with Gasteiger partial charge in [0, 0.05) is 19.2 Å². The summed E-state index contributed by atoms with van der Waals surface area (Å²) in [5.41, 5.74) is 1.30. The smallest absolute Gasteiger partial charge is 0.271 e. The Morgan fingerprint density at radius 2 is 2.15 bits per heavy atom. The monoisotopic (exact) mass is 315 g/mol. The van der Waals surface area contributed by atoms with Crippen molar-refractivity contribution in [1.29, 1.82) is 0 Å². The van der Waals surface area contributed by atoms with Gasteiger partial charge in [-0.25, -0.2) is 8.42 Å². The van der Waals surface area contributed by atoms with E-state index in [1.807, 2.05) is 0 Å². The fourth-order valence-electron chi connectivity index (χ4n) is 1.45. The first kappa shape index (κ1) is 14.1. The van der Waals surface area contributed by atoms with E-state index in [0.717, 1.165) is 29.5 Å². The number of rotatable bonds is 5. The van der Waals surface area contributed by atoms with E-state index in [2.05, 4.69) is 20.2 Å². The van der Waals surface area contributed by atoms with Gasteiger partial charge in [0.2, 0.25) is 5.13 Å². The van der Waals surface area contributed by atoms with Gasteiger partial charge in [-0.05, 0) is 6.07 Å². The predicted octanol–water partition coefficient (Wildman–Crippen LogP) is 1.29. The third kappa shape index (κ3) is 2.83. The topological polar surface area (TPSA) is 127 Å². The first-order chi connectivity index (χ1) is 9.44. The van der Waals surface area contributed by atoms with E-state index in [9.17, 15) is 18.5 Å². The van der Waals surface area contributed by atoms with Crippen molar-refractivity contribution in [2.75, 3.05) is 17.1 Å². The minimum absolute atomic E-state index is 0.110. The fraction of sp³-hybridized carbons (Fsp3) is 0.111. The number of nitro benzene ring substituents is 1. The summed E-state index contributed by atoms with van der Waals surface area (Å²) in [5, 5.41) is 20.5. The number of aromatic nitrogens is 2. The zero-order valence-electron chi connectivity index (χ0n) is 10.1. The van der Waals surface area contributed by atoms with Crippen molar-refractivity contribution in [1.82, 2.24) is 10.2 Å². The standard InChI is InChI=1S/C9H9N5O4S2/c1-10-7-4-6(14(15)16)2-3-8(7)20(17,18)13-9-12-11-5-19-9/h2-5,10H,1H3,(H,12,13). The van der Waals surface area contributed by atoms with Gasteiger partial charge in [0.25, 0.3) is 15.7 Å². The molecule has 1 aromatic heterocycles. The van der Waals surface area contributed by atoms with Gasteiger partial charge in [-0.15, -0.1) is 10.2 Å². The minimum atomic E-state index is -3.90. The molecule has 1 heterocycles. The lowest BCUT2D eigenvalue weighted by Gasteiger charge is -2.09. The van der Waals surface area contributed by atoms with Gasteiger partial charge in [0.05, 0.1) is 10.6 Å². The van der Waals surface area contributed by atoms with Crippen LogP contribution in [0, 0.1) is 10.1 Å². The molecular formula is C9H9N5O4S2. The summed E-state index contributed by atoms with van der Waals surface area (Å²) >= 11 is 1.02. The van der Waals surface area contributed by atoms with E-state index >= 15 is 0 Å². The normalized spacial score (nSPS) is 11.1. The molecule has 9 nitrogen and oxygen atoms in total. The van der Waals surface area contributed by atoms with Crippen LogP contribution in [0.4, 0.5) is 16.5 Å². The molecule has 0 saturated heterocycles. The molecule has 0 aliphatic carbocycles. The summed E-state index contributed by atoms with van der Waals surface area (Å²) < 4.78 is 26.6. The molecule has 0 saturated carbocycles. The zero-order valence-corrected chi connectivity index (χ0v) is 11.7. The molecule has 0 amide bonds. The van der Waals surface area contributed by atoms with Crippen molar-refractivity contribution < 1.29 is 13.3 Å². The number of nitrogens with zero attached hydrogens (tertiary/aromatic N) is 3. The number of hydrogen-bond acceptors (Lipinski definition) is 8. The van der Waals surface area contributed by atoms with Crippen LogP contribution in [0.2, 0.25) is 0 Å². The average molecular weight is 315 g/mol. The van der Waals surface area contributed by atoms with Crippen molar-refractivity contribution in [3.05, 3.63) is 33.8 Å². The Morgan fingerprint density at radius 1 is 1.40 bits per heavy atom. The van der Waals surface area contributed by atoms with Crippen molar-refractivity contribution in [2.45, 2.75) is 4.90 Å². The molecule has 0 fully saturated rings. The van der Waals surface area contributed by atoms with E-state index in [1.165, 1.54) is 12.6 Å². The molecule has 0 bridgehead atoms. The summed E-state index contributed by atoms with van der Waals surface area (Å²) in [6.45, 7) is 0. The molecule has 20 heavy (non-hydrogen) atoms. The third-order valence-electron chi connectivity index (χ3n) is 2.31. The van der Waals surface area contributed by atoms with Crippen LogP contribution in [0.1, 0.15) is 0 Å². The summed E-state index contributed by atoms with van der Waals surface area (Å²) in [6, 6.07) is 3.43. The number of hydrogen-bond donors (Lipinski definition) is 2. The number of anilines is 2. The molecule has 11 heteroatoms. The second-order valence-corrected chi connectivity index (χ2v) is 6.02. The number of non-ortho nitro benzene ring substituents is 1. The van der Waals surface area contributed by atoms with Crippen LogP contribution in [0.15, 0.2) is 28.6 Å². The molecular weight excluding hydrogens is 306 g/mol. The molecule has 0 atom stereocenters. The molecule has 0 aliphatic rings. The average Bonchev–Trinajstić information content (AvgIpc) is 2.89. The van der Waals surface area contributed by atoms with Gasteiger partial charge < -0.3 is 5.32 Å². The fourth-order valence-corrected chi connectivity index (χ4v) is 3.34. The molecule has 2 aromatic rings. The highest BCUT2D eigenvalue weighted by Gasteiger charge is 2.22. The highest BCUT2D eigenvalue weighted by atomic mass is 32.2. The maximum absolute atomic E-state index is 12.2. The first-order valence-electron chi connectivity index (χ1n) is 5.19. The van der Waals surface area contributed by atoms with Crippen molar-refractivity contribution in [3.63, 3.8) is 0 Å². The van der Waals surface area contributed by atoms with Crippen molar-refractivity contribution in [3.8, 4) is 0 Å². The van der Waals surface area contributed by atoms with Crippen LogP contribution in [-0.4, -0.2) is 30.6 Å². The highest BCUT2D eigenvalue weighted by Crippen LogP contribution is 2.27. The number of nitrogens with one attached hydrogen (secondary N) is 2. The lowest BCUT2D eigenvalue weighted by molar-refractivity contribution is -0.384. The Bertz CT molecular complexity index is 729. The highest BCUT2D eigenvalue weighted by molar-refractivity contribution is 7.93. The van der Waals surface area contributed by atoms with Gasteiger partial charge in [0.1, 0.15) is 10.4 Å². The number of sulfonamides is 1. The van der Waals surface area contributed by atoms with Crippen molar-refractivity contribution >= 4 is 37.9 Å². The summed E-state index contributed by atoms with van der Waals surface area (Å²) in [6.07, 6.45) is 0. The Hall–Kier alpha value is -2.27. The van der Waals surface area contributed by atoms with Gasteiger partial charge in [-0.2, -0.15) is 0 Å². The van der Waals surface area contributed by atoms with Crippen molar-refractivity contribution in [2.24, 2.45) is 0 Å². The largest absolute Gasteiger partial charge is 0.387 e. The maximum atomic E-state index is 12.2. The van der Waals surface area contributed by atoms with Gasteiger partial charge >= 0.3 is 0 Å². The SMILES string of the molecule is CNc1cc([N+](=O)[O-])ccc1S(=O)(=O)Nc1nncs1. The quantitative estimate of drug-likeness (QED) is 0.628. The maximum Gasteiger partial charge on any atom is 0.271 e. The van der Waals surface area contributed by atoms with Crippen LogP contribution in [0.3, 0.4) is 0 Å². The molecule has 0 unspecified atom stereocenters. The molecule has 0 aliphatic heterocycles. The summed E-state index contributed by atoms with van der Waals surface area (Å²) in [5.74, 6) is 0. The third-order valence-corrected chi connectivity index (χ3v) is 4.45. The van der Waals surface area contributed by atoms with Gasteiger partial charge in [0.15, 0.2) is 0 Å². The molecule has 2 rings (SSSR count). The first-order valence-corrected chi connectivity index (χ1v) is 7.55. The molecule has 0 spiro atoms. The lowest BCUT2D eigenvalue weighted by Crippen LogP contribution is -2.14. The van der Waals surface area contributed by atoms with Gasteiger partial charge in [-0.3, -0.25) is 14.8 Å². The van der Waals surface area contributed by atoms with E-state index in [4.69, 9.17) is 0 Å². The van der Waals surface area contributed by atoms with E-state index in [-0.39, 0.29) is 21.4 Å². The van der Waals surface area contributed by atoms with Crippen LogP contribution >= 0.6 is 11.3 Å². The van der Waals surface area contributed by atoms with Crippen LogP contribution < -0.4 is 10.0 Å². The van der Waals surface area contributed by atoms with E-state index in [0.29, 0.717) is 0 Å². The second kappa shape index (κ2) is 5.38. The Balaban J connectivity index is 2.43. The molecule has 2 N–H and O–H groups in total. The predicted molar refractivity (Wildman–Crippen MR) is 73.4 cm³/mol. The van der Waals surface area contributed by atoms with Crippen LogP contribution in [0.5, 0.6) is 0 Å². The van der Waals surface area contributed by atoms with E-state index < -0.39 is 14.9 Å². The van der Waals surface area contributed by atoms with Crippen LogP contribution in [0.25, 0.3) is 0 Å². The molecule has 0 radical (unpaired) electrons. The summed E-state index contributed by atoms with van der Waals surface area (Å²) in [4.78, 5) is 9.97. The number of benzene rings is 1. The lowest BCUT2D eigenvalue weighted by atomic mass is 10.3. The Morgan fingerprint density at radius 3 is 2.70 bits per heavy atom. The minimum Gasteiger partial charge on any atom is -0.387 e. The Labute approximate surface area is 117 Å². The van der Waals surface area contributed by atoms with E-state index in [1.54, 1.807) is 0 Å².